The van der Waals surface area contributed by atoms with E-state index in [2.05, 4.69) is 85.8 Å². The van der Waals surface area contributed by atoms with Crippen LogP contribution in [0.1, 0.15) is 44.6 Å². The Hall–Kier alpha value is -3.71. The van der Waals surface area contributed by atoms with Crippen LogP contribution in [-0.2, 0) is 19.4 Å². The van der Waals surface area contributed by atoms with E-state index >= 15 is 0 Å². The number of imidazole rings is 2. The molecule has 0 aliphatic carbocycles. The summed E-state index contributed by atoms with van der Waals surface area (Å²) in [6.45, 7) is 10.1. The molecule has 0 spiro atoms. The average molecular weight is 495 g/mol. The molecule has 0 fully saturated rings. The molecule has 0 saturated carbocycles. The highest BCUT2D eigenvalue weighted by Crippen LogP contribution is 2.30. The second kappa shape index (κ2) is 9.06. The highest BCUT2D eigenvalue weighted by molar-refractivity contribution is 7.15. The van der Waals surface area contributed by atoms with Crippen molar-refractivity contribution in [1.29, 1.82) is 0 Å². The van der Waals surface area contributed by atoms with Crippen LogP contribution in [0.3, 0.4) is 0 Å². The van der Waals surface area contributed by atoms with Gasteiger partial charge in [0.15, 0.2) is 5.13 Å². The molecule has 5 aromatic rings. The van der Waals surface area contributed by atoms with E-state index in [0.717, 1.165) is 59.8 Å². The largest absolute Gasteiger partial charge is 0.343 e. The van der Waals surface area contributed by atoms with Gasteiger partial charge in [-0.25, -0.2) is 15.0 Å². The van der Waals surface area contributed by atoms with E-state index in [4.69, 9.17) is 4.98 Å². The Morgan fingerprint density at radius 3 is 2.14 bits per heavy atom. The number of anilines is 1. The Kier molecular flexibility index (Phi) is 5.72. The molecular weight excluding hydrogens is 464 g/mol. The molecule has 0 amide bonds. The van der Waals surface area contributed by atoms with Crippen molar-refractivity contribution in [2.45, 2.75) is 47.1 Å². The summed E-state index contributed by atoms with van der Waals surface area (Å²) in [5, 5.41) is 1.11. The fourth-order valence-electron chi connectivity index (χ4n) is 5.12. The SMILES string of the molecule is Cc1cn(-c2ccc(Cc3cnc(N4CCc5ccc(-n6cc(C)nc6C)cc5C4)s3)cc2)c(C)n1. The van der Waals surface area contributed by atoms with Gasteiger partial charge in [0.25, 0.3) is 0 Å². The fraction of sp³-hybridized carbons (Fsp3) is 0.276. The van der Waals surface area contributed by atoms with Gasteiger partial charge in [-0.05, 0) is 75.1 Å². The van der Waals surface area contributed by atoms with Gasteiger partial charge in [0.1, 0.15) is 11.6 Å². The zero-order chi connectivity index (χ0) is 24.8. The number of rotatable bonds is 5. The summed E-state index contributed by atoms with van der Waals surface area (Å²) in [7, 11) is 0. The summed E-state index contributed by atoms with van der Waals surface area (Å²) in [4.78, 5) is 17.6. The van der Waals surface area contributed by atoms with Crippen molar-refractivity contribution < 1.29 is 0 Å². The first-order chi connectivity index (χ1) is 17.4. The number of nitrogens with zero attached hydrogens (tertiary/aromatic N) is 6. The van der Waals surface area contributed by atoms with Gasteiger partial charge >= 0.3 is 0 Å². The second-order valence-electron chi connectivity index (χ2n) is 9.68. The van der Waals surface area contributed by atoms with Crippen LogP contribution in [0.4, 0.5) is 5.13 Å². The number of hydrogen-bond acceptors (Lipinski definition) is 5. The summed E-state index contributed by atoms with van der Waals surface area (Å²) in [6.07, 6.45) is 8.17. The molecule has 0 atom stereocenters. The minimum atomic E-state index is 0.890. The monoisotopic (exact) mass is 494 g/mol. The Morgan fingerprint density at radius 1 is 0.806 bits per heavy atom. The normalized spacial score (nSPS) is 13.3. The summed E-state index contributed by atoms with van der Waals surface area (Å²) in [5.41, 5.74) is 8.52. The van der Waals surface area contributed by atoms with Crippen molar-refractivity contribution in [2.24, 2.45) is 0 Å². The Bertz CT molecular complexity index is 1540. The molecule has 36 heavy (non-hydrogen) atoms. The second-order valence-corrected chi connectivity index (χ2v) is 10.8. The van der Waals surface area contributed by atoms with Crippen LogP contribution in [-0.4, -0.2) is 30.6 Å². The first-order valence-electron chi connectivity index (χ1n) is 12.4. The van der Waals surface area contributed by atoms with Crippen molar-refractivity contribution in [2.75, 3.05) is 11.4 Å². The van der Waals surface area contributed by atoms with Crippen LogP contribution >= 0.6 is 11.3 Å². The van der Waals surface area contributed by atoms with Gasteiger partial charge in [0.05, 0.1) is 11.4 Å². The highest BCUT2D eigenvalue weighted by atomic mass is 32.1. The molecule has 0 unspecified atom stereocenters. The van der Waals surface area contributed by atoms with E-state index in [1.807, 2.05) is 27.0 Å². The number of thiazole rings is 1. The van der Waals surface area contributed by atoms with Crippen LogP contribution in [0, 0.1) is 27.7 Å². The third kappa shape index (κ3) is 4.35. The number of aryl methyl sites for hydroxylation is 4. The molecule has 182 valence electrons. The molecule has 6 rings (SSSR count). The number of aromatic nitrogens is 5. The predicted molar refractivity (Wildman–Crippen MR) is 146 cm³/mol. The summed E-state index contributed by atoms with van der Waals surface area (Å²) in [5.74, 6) is 2.03. The predicted octanol–water partition coefficient (Wildman–Crippen LogP) is 5.90. The Morgan fingerprint density at radius 2 is 1.47 bits per heavy atom. The van der Waals surface area contributed by atoms with E-state index in [1.54, 1.807) is 11.3 Å². The van der Waals surface area contributed by atoms with Crippen molar-refractivity contribution in [1.82, 2.24) is 24.1 Å². The van der Waals surface area contributed by atoms with Gasteiger partial charge in [0.2, 0.25) is 0 Å². The standard InChI is InChI=1S/C29H30N6S/c1-19-16-34(21(3)31-19)26-8-5-23(6-9-26)13-28-15-30-29(36-28)33-12-11-24-7-10-27(14-25(24)18-33)35-17-20(2)32-22(35)4/h5-10,14-17H,11-13,18H2,1-4H3. The van der Waals surface area contributed by atoms with E-state index in [0.29, 0.717) is 0 Å². The third-order valence-corrected chi connectivity index (χ3v) is 7.95. The number of hydrogen-bond donors (Lipinski definition) is 0. The van der Waals surface area contributed by atoms with E-state index in [-0.39, 0.29) is 0 Å². The minimum Gasteiger partial charge on any atom is -0.343 e. The van der Waals surface area contributed by atoms with E-state index in [9.17, 15) is 0 Å². The van der Waals surface area contributed by atoms with Gasteiger partial charge in [-0.3, -0.25) is 0 Å². The van der Waals surface area contributed by atoms with Crippen molar-refractivity contribution >= 4 is 16.5 Å². The Labute approximate surface area is 215 Å². The summed E-state index contributed by atoms with van der Waals surface area (Å²) in [6, 6.07) is 15.6. The Balaban J connectivity index is 1.16. The van der Waals surface area contributed by atoms with E-state index < -0.39 is 0 Å². The van der Waals surface area contributed by atoms with E-state index in [1.165, 1.54) is 27.3 Å². The van der Waals surface area contributed by atoms with Crippen molar-refractivity contribution in [3.05, 3.63) is 106 Å². The molecule has 0 radical (unpaired) electrons. The maximum absolute atomic E-state index is 4.80. The molecule has 6 nitrogen and oxygen atoms in total. The summed E-state index contributed by atoms with van der Waals surface area (Å²) >= 11 is 1.81. The van der Waals surface area contributed by atoms with Crippen LogP contribution < -0.4 is 4.90 Å². The number of fused-ring (bicyclic) bond motifs is 1. The van der Waals surface area contributed by atoms with Gasteiger partial charge in [-0.1, -0.05) is 18.2 Å². The maximum Gasteiger partial charge on any atom is 0.185 e. The molecule has 3 aromatic heterocycles. The van der Waals surface area contributed by atoms with Crippen LogP contribution in [0.25, 0.3) is 11.4 Å². The lowest BCUT2D eigenvalue weighted by Crippen LogP contribution is -2.30. The molecular formula is C29H30N6S. The average Bonchev–Trinajstić information content (AvgIpc) is 3.57. The molecule has 4 heterocycles. The quantitative estimate of drug-likeness (QED) is 0.305. The van der Waals surface area contributed by atoms with Gasteiger partial charge < -0.3 is 14.0 Å². The number of benzene rings is 2. The smallest absolute Gasteiger partial charge is 0.185 e. The lowest BCUT2D eigenvalue weighted by molar-refractivity contribution is 0.727. The third-order valence-electron chi connectivity index (χ3n) is 6.89. The van der Waals surface area contributed by atoms with Crippen molar-refractivity contribution in [3.63, 3.8) is 0 Å². The maximum atomic E-state index is 4.80. The lowest BCUT2D eigenvalue weighted by atomic mass is 9.99. The zero-order valence-corrected chi connectivity index (χ0v) is 22.0. The van der Waals surface area contributed by atoms with Gasteiger partial charge in [0, 0.05) is 54.4 Å². The van der Waals surface area contributed by atoms with Gasteiger partial charge in [-0.15, -0.1) is 11.3 Å². The molecule has 2 aromatic carbocycles. The molecule has 0 bridgehead atoms. The van der Waals surface area contributed by atoms with Crippen LogP contribution in [0.5, 0.6) is 0 Å². The van der Waals surface area contributed by atoms with Gasteiger partial charge in [-0.2, -0.15) is 0 Å². The zero-order valence-electron chi connectivity index (χ0n) is 21.2. The molecule has 1 aliphatic heterocycles. The molecule has 1 aliphatic rings. The van der Waals surface area contributed by atoms with Crippen molar-refractivity contribution in [3.8, 4) is 11.4 Å². The molecule has 0 saturated heterocycles. The van der Waals surface area contributed by atoms with Crippen LogP contribution in [0.2, 0.25) is 0 Å². The topological polar surface area (TPSA) is 51.8 Å². The fourth-order valence-corrected chi connectivity index (χ4v) is 6.09. The highest BCUT2D eigenvalue weighted by Gasteiger charge is 2.20. The summed E-state index contributed by atoms with van der Waals surface area (Å²) < 4.78 is 4.31. The minimum absolute atomic E-state index is 0.890. The first-order valence-corrected chi connectivity index (χ1v) is 13.2. The molecule has 0 N–H and O–H groups in total. The first kappa shape index (κ1) is 22.7. The lowest BCUT2D eigenvalue weighted by Gasteiger charge is -2.29. The van der Waals surface area contributed by atoms with Crippen LogP contribution in [0.15, 0.2) is 61.1 Å². The molecule has 7 heteroatoms.